The SMILES string of the molecule is C[C](C)CC(=O)N1CCC[C@H]1C. The van der Waals surface area contributed by atoms with Gasteiger partial charge in [0.25, 0.3) is 0 Å². The number of hydrogen-bond acceptors (Lipinski definition) is 1. The van der Waals surface area contributed by atoms with Crippen molar-refractivity contribution in [2.45, 2.75) is 46.1 Å². The topological polar surface area (TPSA) is 20.3 Å². The van der Waals surface area contributed by atoms with Crippen LogP contribution in [-0.4, -0.2) is 23.4 Å². The number of rotatable bonds is 2. The summed E-state index contributed by atoms with van der Waals surface area (Å²) in [5.41, 5.74) is 0. The lowest BCUT2D eigenvalue weighted by Gasteiger charge is -2.22. The molecule has 1 saturated heterocycles. The number of carbonyl (C=O) groups excluding carboxylic acids is 1. The molecule has 0 N–H and O–H groups in total. The smallest absolute Gasteiger partial charge is 0.223 e. The van der Waals surface area contributed by atoms with Crippen LogP contribution in [0.3, 0.4) is 0 Å². The average Bonchev–Trinajstić information content (AvgIpc) is 2.33. The van der Waals surface area contributed by atoms with Crippen LogP contribution in [0.5, 0.6) is 0 Å². The van der Waals surface area contributed by atoms with E-state index in [1.807, 2.05) is 18.7 Å². The molecule has 0 bridgehead atoms. The molecule has 0 aromatic rings. The molecule has 69 valence electrons. The molecule has 1 aliphatic rings. The Balaban J connectivity index is 2.41. The molecule has 1 amide bonds. The Hall–Kier alpha value is -0.530. The Morgan fingerprint density at radius 2 is 2.17 bits per heavy atom. The molecule has 1 rings (SSSR count). The summed E-state index contributed by atoms with van der Waals surface area (Å²) < 4.78 is 0. The summed E-state index contributed by atoms with van der Waals surface area (Å²) in [6.07, 6.45) is 2.98. The van der Waals surface area contributed by atoms with Gasteiger partial charge in [0.15, 0.2) is 0 Å². The van der Waals surface area contributed by atoms with Gasteiger partial charge < -0.3 is 4.90 Å². The van der Waals surface area contributed by atoms with Gasteiger partial charge in [-0.3, -0.25) is 4.79 Å². The molecule has 0 aromatic heterocycles. The van der Waals surface area contributed by atoms with Crippen LogP contribution in [0.1, 0.15) is 40.0 Å². The predicted octanol–water partition coefficient (Wildman–Crippen LogP) is 2.00. The highest BCUT2D eigenvalue weighted by Gasteiger charge is 2.24. The number of hydrogen-bond donors (Lipinski definition) is 0. The number of amides is 1. The van der Waals surface area contributed by atoms with Crippen molar-refractivity contribution in [2.75, 3.05) is 6.54 Å². The molecule has 2 nitrogen and oxygen atoms in total. The van der Waals surface area contributed by atoms with Crippen molar-refractivity contribution in [1.82, 2.24) is 4.90 Å². The van der Waals surface area contributed by atoms with Crippen LogP contribution < -0.4 is 0 Å². The third kappa shape index (κ3) is 2.23. The second-order valence-corrected chi connectivity index (χ2v) is 3.96. The first kappa shape index (κ1) is 9.56. The fourth-order valence-corrected chi connectivity index (χ4v) is 1.71. The molecule has 0 unspecified atom stereocenters. The second-order valence-electron chi connectivity index (χ2n) is 3.96. The maximum absolute atomic E-state index is 11.6. The van der Waals surface area contributed by atoms with Gasteiger partial charge in [-0.25, -0.2) is 0 Å². The highest BCUT2D eigenvalue weighted by Crippen LogP contribution is 2.18. The molecule has 1 atom stereocenters. The van der Waals surface area contributed by atoms with Crippen LogP contribution in [0.25, 0.3) is 0 Å². The first-order chi connectivity index (χ1) is 5.61. The molecular formula is C10H18NO. The first-order valence-electron chi connectivity index (χ1n) is 4.69. The lowest BCUT2D eigenvalue weighted by atomic mass is 10.1. The largest absolute Gasteiger partial charge is 0.340 e. The van der Waals surface area contributed by atoms with E-state index in [0.29, 0.717) is 18.4 Å². The fourth-order valence-electron chi connectivity index (χ4n) is 1.71. The maximum Gasteiger partial charge on any atom is 0.223 e. The summed E-state index contributed by atoms with van der Waals surface area (Å²) >= 11 is 0. The lowest BCUT2D eigenvalue weighted by molar-refractivity contribution is -0.131. The summed E-state index contributed by atoms with van der Waals surface area (Å²) in [6, 6.07) is 0.469. The Labute approximate surface area is 74.9 Å². The van der Waals surface area contributed by atoms with Gasteiger partial charge in [0.05, 0.1) is 0 Å². The van der Waals surface area contributed by atoms with Gasteiger partial charge in [-0.1, -0.05) is 13.8 Å². The summed E-state index contributed by atoms with van der Waals surface area (Å²) in [5.74, 6) is 1.51. The third-order valence-electron chi connectivity index (χ3n) is 2.38. The maximum atomic E-state index is 11.6. The van der Waals surface area contributed by atoms with Crippen molar-refractivity contribution in [1.29, 1.82) is 0 Å². The number of nitrogens with zero attached hydrogens (tertiary/aromatic N) is 1. The molecule has 0 saturated carbocycles. The van der Waals surface area contributed by atoms with Crippen molar-refractivity contribution in [3.05, 3.63) is 5.92 Å². The third-order valence-corrected chi connectivity index (χ3v) is 2.38. The molecular weight excluding hydrogens is 150 g/mol. The van der Waals surface area contributed by atoms with E-state index >= 15 is 0 Å². The van der Waals surface area contributed by atoms with E-state index in [1.54, 1.807) is 0 Å². The van der Waals surface area contributed by atoms with Gasteiger partial charge in [-0.2, -0.15) is 0 Å². The van der Waals surface area contributed by atoms with Crippen LogP contribution in [0.15, 0.2) is 0 Å². The zero-order chi connectivity index (χ0) is 9.14. The fraction of sp³-hybridized carbons (Fsp3) is 0.800. The van der Waals surface area contributed by atoms with Crippen LogP contribution in [-0.2, 0) is 4.79 Å². The van der Waals surface area contributed by atoms with Crippen LogP contribution in [0.2, 0.25) is 0 Å². The average molecular weight is 168 g/mol. The summed E-state index contributed by atoms with van der Waals surface area (Å²) in [5, 5.41) is 0. The standard InChI is InChI=1S/C10H18NO/c1-8(2)7-10(12)11-6-4-5-9(11)3/h9H,4-7H2,1-3H3/t9-/m1/s1. The van der Waals surface area contributed by atoms with Crippen molar-refractivity contribution >= 4 is 5.91 Å². The van der Waals surface area contributed by atoms with Gasteiger partial charge in [-0.15, -0.1) is 0 Å². The van der Waals surface area contributed by atoms with Crippen molar-refractivity contribution < 1.29 is 4.79 Å². The van der Waals surface area contributed by atoms with E-state index in [4.69, 9.17) is 0 Å². The van der Waals surface area contributed by atoms with Gasteiger partial charge in [0, 0.05) is 19.0 Å². The minimum atomic E-state index is 0.306. The Morgan fingerprint density at radius 1 is 1.50 bits per heavy atom. The predicted molar refractivity (Wildman–Crippen MR) is 49.6 cm³/mol. The van der Waals surface area contributed by atoms with E-state index in [-0.39, 0.29) is 0 Å². The normalized spacial score (nSPS) is 23.7. The van der Waals surface area contributed by atoms with Gasteiger partial charge in [-0.05, 0) is 25.7 Å². The van der Waals surface area contributed by atoms with Crippen molar-refractivity contribution in [3.8, 4) is 0 Å². The molecule has 1 fully saturated rings. The minimum absolute atomic E-state index is 0.306. The second kappa shape index (κ2) is 3.92. The van der Waals surface area contributed by atoms with E-state index in [1.165, 1.54) is 18.8 Å². The highest BCUT2D eigenvalue weighted by atomic mass is 16.2. The Kier molecular flexibility index (Phi) is 3.12. The molecule has 1 heterocycles. The highest BCUT2D eigenvalue weighted by molar-refractivity contribution is 5.78. The summed E-state index contributed by atoms with van der Waals surface area (Å²) in [4.78, 5) is 13.6. The lowest BCUT2D eigenvalue weighted by Crippen LogP contribution is -2.33. The van der Waals surface area contributed by atoms with E-state index < -0.39 is 0 Å². The molecule has 2 heteroatoms. The quantitative estimate of drug-likeness (QED) is 0.617. The van der Waals surface area contributed by atoms with Crippen LogP contribution in [0.4, 0.5) is 0 Å². The molecule has 0 spiro atoms. The molecule has 1 aliphatic heterocycles. The van der Waals surface area contributed by atoms with E-state index in [9.17, 15) is 4.79 Å². The van der Waals surface area contributed by atoms with Crippen molar-refractivity contribution in [3.63, 3.8) is 0 Å². The van der Waals surface area contributed by atoms with Gasteiger partial charge >= 0.3 is 0 Å². The van der Waals surface area contributed by atoms with Crippen LogP contribution >= 0.6 is 0 Å². The minimum Gasteiger partial charge on any atom is -0.340 e. The Bertz CT molecular complexity index is 165. The van der Waals surface area contributed by atoms with Gasteiger partial charge in [0.1, 0.15) is 0 Å². The molecule has 12 heavy (non-hydrogen) atoms. The van der Waals surface area contributed by atoms with E-state index in [2.05, 4.69) is 6.92 Å². The van der Waals surface area contributed by atoms with E-state index in [0.717, 1.165) is 6.54 Å². The summed E-state index contributed by atoms with van der Waals surface area (Å²) in [7, 11) is 0. The first-order valence-corrected chi connectivity index (χ1v) is 4.69. The zero-order valence-corrected chi connectivity index (χ0v) is 8.26. The number of likely N-dealkylation sites (tertiary alicyclic amines) is 1. The molecule has 0 aliphatic carbocycles. The Morgan fingerprint density at radius 3 is 2.58 bits per heavy atom. The van der Waals surface area contributed by atoms with Crippen LogP contribution in [0, 0.1) is 5.92 Å². The number of carbonyl (C=O) groups is 1. The monoisotopic (exact) mass is 168 g/mol. The molecule has 0 aromatic carbocycles. The van der Waals surface area contributed by atoms with Crippen molar-refractivity contribution in [2.24, 2.45) is 0 Å². The zero-order valence-electron chi connectivity index (χ0n) is 8.26. The molecule has 1 radical (unpaired) electrons. The van der Waals surface area contributed by atoms with Gasteiger partial charge in [0.2, 0.25) is 5.91 Å². The summed E-state index contributed by atoms with van der Waals surface area (Å²) in [6.45, 7) is 7.13.